The zero-order valence-electron chi connectivity index (χ0n) is 22.5. The molecule has 0 aliphatic rings. The molecule has 4 heteroatoms. The zero-order valence-corrected chi connectivity index (χ0v) is 22.5. The molecule has 0 aliphatic carbocycles. The van der Waals surface area contributed by atoms with Crippen LogP contribution in [-0.4, -0.2) is 9.13 Å². The third-order valence-electron chi connectivity index (χ3n) is 8.15. The fourth-order valence-corrected chi connectivity index (χ4v) is 6.26. The molecule has 0 fully saturated rings. The van der Waals surface area contributed by atoms with Crippen molar-refractivity contribution in [3.8, 4) is 34.6 Å². The molecular formula is C38H22N4. The largest absolute Gasteiger partial charge is 0.309 e. The lowest BCUT2D eigenvalue weighted by Crippen LogP contribution is -1.93. The van der Waals surface area contributed by atoms with Crippen LogP contribution in [-0.2, 0) is 0 Å². The van der Waals surface area contributed by atoms with E-state index in [9.17, 15) is 10.5 Å². The summed E-state index contributed by atoms with van der Waals surface area (Å²) >= 11 is 0. The van der Waals surface area contributed by atoms with Crippen LogP contribution in [0.1, 0.15) is 11.1 Å². The zero-order chi connectivity index (χ0) is 28.2. The Balaban J connectivity index is 1.39. The van der Waals surface area contributed by atoms with Gasteiger partial charge in [-0.2, -0.15) is 10.5 Å². The SMILES string of the molecule is N#Cc1ccc2c(c1)c1cc(-c3ccc4c(c3)c3cc(C#N)ccc3n4-c3ccccc3)ccc1n2-c1ccccc1. The van der Waals surface area contributed by atoms with Crippen LogP contribution in [0.3, 0.4) is 0 Å². The molecule has 42 heavy (non-hydrogen) atoms. The number of rotatable bonds is 3. The van der Waals surface area contributed by atoms with Gasteiger partial charge in [-0.15, -0.1) is 0 Å². The summed E-state index contributed by atoms with van der Waals surface area (Å²) in [5, 5.41) is 23.6. The first kappa shape index (κ1) is 23.8. The maximum absolute atomic E-state index is 9.66. The highest BCUT2D eigenvalue weighted by molar-refractivity contribution is 6.13. The van der Waals surface area contributed by atoms with E-state index in [1.54, 1.807) is 0 Å². The monoisotopic (exact) mass is 534 g/mol. The number of aromatic nitrogens is 2. The van der Waals surface area contributed by atoms with E-state index in [2.05, 4.69) is 81.9 Å². The summed E-state index contributed by atoms with van der Waals surface area (Å²) in [5.41, 5.74) is 9.96. The van der Waals surface area contributed by atoms with Gasteiger partial charge in [0.2, 0.25) is 0 Å². The first-order chi connectivity index (χ1) is 20.7. The van der Waals surface area contributed by atoms with E-state index in [1.807, 2.05) is 72.8 Å². The molecule has 194 valence electrons. The minimum Gasteiger partial charge on any atom is -0.309 e. The molecule has 0 aliphatic heterocycles. The normalized spacial score (nSPS) is 11.3. The van der Waals surface area contributed by atoms with Crippen molar-refractivity contribution in [2.75, 3.05) is 0 Å². The lowest BCUT2D eigenvalue weighted by atomic mass is 10.00. The molecule has 6 aromatic carbocycles. The van der Waals surface area contributed by atoms with Gasteiger partial charge in [0.25, 0.3) is 0 Å². The molecule has 0 saturated heterocycles. The number of nitrogens with zero attached hydrogens (tertiary/aromatic N) is 4. The van der Waals surface area contributed by atoms with E-state index in [4.69, 9.17) is 0 Å². The predicted molar refractivity (Wildman–Crippen MR) is 170 cm³/mol. The quantitative estimate of drug-likeness (QED) is 0.227. The van der Waals surface area contributed by atoms with Crippen LogP contribution in [0.15, 0.2) is 133 Å². The lowest BCUT2D eigenvalue weighted by molar-refractivity contribution is 1.18. The molecule has 0 spiro atoms. The fraction of sp³-hybridized carbons (Fsp3) is 0. The predicted octanol–water partition coefficient (Wildman–Crippen LogP) is 9.29. The second-order valence-electron chi connectivity index (χ2n) is 10.5. The van der Waals surface area contributed by atoms with Gasteiger partial charge in [0.1, 0.15) is 0 Å². The second-order valence-corrected chi connectivity index (χ2v) is 10.5. The van der Waals surface area contributed by atoms with E-state index in [0.29, 0.717) is 11.1 Å². The minimum atomic E-state index is 0.642. The highest BCUT2D eigenvalue weighted by Gasteiger charge is 2.16. The third kappa shape index (κ3) is 3.53. The second kappa shape index (κ2) is 9.24. The topological polar surface area (TPSA) is 57.4 Å². The van der Waals surface area contributed by atoms with Crippen LogP contribution in [0.5, 0.6) is 0 Å². The molecule has 2 heterocycles. The van der Waals surface area contributed by atoms with Crippen molar-refractivity contribution >= 4 is 43.6 Å². The van der Waals surface area contributed by atoms with Gasteiger partial charge in [-0.05, 0) is 96.1 Å². The van der Waals surface area contributed by atoms with Crippen molar-refractivity contribution in [3.63, 3.8) is 0 Å². The van der Waals surface area contributed by atoms with Gasteiger partial charge in [0.05, 0.1) is 45.3 Å². The summed E-state index contributed by atoms with van der Waals surface area (Å²) < 4.78 is 4.52. The van der Waals surface area contributed by atoms with Crippen LogP contribution in [0.2, 0.25) is 0 Å². The number of benzene rings is 6. The third-order valence-corrected chi connectivity index (χ3v) is 8.15. The fourth-order valence-electron chi connectivity index (χ4n) is 6.26. The summed E-state index contributed by atoms with van der Waals surface area (Å²) in [4.78, 5) is 0. The van der Waals surface area contributed by atoms with Gasteiger partial charge in [0, 0.05) is 32.9 Å². The van der Waals surface area contributed by atoms with Gasteiger partial charge in [-0.1, -0.05) is 48.5 Å². The van der Waals surface area contributed by atoms with Gasteiger partial charge in [-0.3, -0.25) is 0 Å². The molecule has 0 amide bonds. The molecule has 0 saturated carbocycles. The van der Waals surface area contributed by atoms with Gasteiger partial charge in [0.15, 0.2) is 0 Å². The van der Waals surface area contributed by atoms with E-state index in [0.717, 1.165) is 66.1 Å². The van der Waals surface area contributed by atoms with Crippen molar-refractivity contribution in [1.82, 2.24) is 9.13 Å². The molecule has 4 nitrogen and oxygen atoms in total. The van der Waals surface area contributed by atoms with Crippen molar-refractivity contribution < 1.29 is 0 Å². The van der Waals surface area contributed by atoms with Crippen molar-refractivity contribution in [2.24, 2.45) is 0 Å². The highest BCUT2D eigenvalue weighted by atomic mass is 15.0. The number of para-hydroxylation sites is 2. The summed E-state index contributed by atoms with van der Waals surface area (Å²) in [7, 11) is 0. The Morgan fingerprint density at radius 2 is 0.738 bits per heavy atom. The summed E-state index contributed by atoms with van der Waals surface area (Å²) in [6, 6.07) is 50.2. The highest BCUT2D eigenvalue weighted by Crippen LogP contribution is 2.38. The van der Waals surface area contributed by atoms with Crippen LogP contribution in [0.25, 0.3) is 66.1 Å². The standard InChI is InChI=1S/C38H22N4/c39-23-25-11-15-35-31(19-25)33-21-27(13-17-37(33)41(35)29-7-3-1-4-8-29)28-14-18-38-34(22-28)32-20-26(24-40)12-16-36(32)42(38)30-9-5-2-6-10-30/h1-22H. The van der Waals surface area contributed by atoms with Crippen molar-refractivity contribution in [2.45, 2.75) is 0 Å². The molecule has 0 bridgehead atoms. The lowest BCUT2D eigenvalue weighted by Gasteiger charge is -2.09. The Morgan fingerprint density at radius 1 is 0.381 bits per heavy atom. The van der Waals surface area contributed by atoms with Crippen LogP contribution in [0.4, 0.5) is 0 Å². The van der Waals surface area contributed by atoms with Crippen molar-refractivity contribution in [1.29, 1.82) is 10.5 Å². The first-order valence-corrected chi connectivity index (χ1v) is 13.8. The number of nitriles is 2. The molecule has 0 atom stereocenters. The van der Waals surface area contributed by atoms with E-state index in [-0.39, 0.29) is 0 Å². The molecule has 8 aromatic rings. The molecular weight excluding hydrogens is 512 g/mol. The Kier molecular flexibility index (Phi) is 5.22. The number of fused-ring (bicyclic) bond motifs is 6. The van der Waals surface area contributed by atoms with Crippen LogP contribution >= 0.6 is 0 Å². The maximum atomic E-state index is 9.66. The average molecular weight is 535 g/mol. The first-order valence-electron chi connectivity index (χ1n) is 13.8. The molecule has 2 aromatic heterocycles. The summed E-state index contributed by atoms with van der Waals surface area (Å²) in [6.45, 7) is 0. The van der Waals surface area contributed by atoms with Gasteiger partial charge >= 0.3 is 0 Å². The summed E-state index contributed by atoms with van der Waals surface area (Å²) in [5.74, 6) is 0. The Morgan fingerprint density at radius 3 is 1.12 bits per heavy atom. The van der Waals surface area contributed by atoms with E-state index >= 15 is 0 Å². The minimum absolute atomic E-state index is 0.642. The smallest absolute Gasteiger partial charge is 0.0991 e. The van der Waals surface area contributed by atoms with Crippen LogP contribution < -0.4 is 0 Å². The van der Waals surface area contributed by atoms with Gasteiger partial charge in [-0.25, -0.2) is 0 Å². The Bertz CT molecular complexity index is 2240. The molecule has 0 radical (unpaired) electrons. The van der Waals surface area contributed by atoms with E-state index in [1.165, 1.54) is 0 Å². The molecule has 8 rings (SSSR count). The Labute approximate surface area is 242 Å². The van der Waals surface area contributed by atoms with Crippen molar-refractivity contribution in [3.05, 3.63) is 145 Å². The molecule has 0 unspecified atom stereocenters. The molecule has 0 N–H and O–H groups in total. The summed E-state index contributed by atoms with van der Waals surface area (Å²) in [6.07, 6.45) is 0. The van der Waals surface area contributed by atoms with E-state index < -0.39 is 0 Å². The van der Waals surface area contributed by atoms with Crippen LogP contribution in [0, 0.1) is 22.7 Å². The number of hydrogen-bond acceptors (Lipinski definition) is 2. The van der Waals surface area contributed by atoms with Gasteiger partial charge < -0.3 is 9.13 Å². The number of hydrogen-bond donors (Lipinski definition) is 0. The Hall–Kier alpha value is -6.10. The average Bonchev–Trinajstić information content (AvgIpc) is 3.56. The maximum Gasteiger partial charge on any atom is 0.0991 e.